The van der Waals surface area contributed by atoms with Crippen LogP contribution in [0.5, 0.6) is 0 Å². The molecule has 0 aromatic heterocycles. The molecule has 0 saturated heterocycles. The van der Waals surface area contributed by atoms with Crippen LogP contribution in [0.15, 0.2) is 0 Å². The molecule has 1 unspecified atom stereocenters. The Morgan fingerprint density at radius 2 is 1.73 bits per heavy atom. The quantitative estimate of drug-likeness (QED) is 0.604. The van der Waals surface area contributed by atoms with E-state index in [1.165, 1.54) is 0 Å². The van der Waals surface area contributed by atoms with E-state index in [1.54, 1.807) is 19.0 Å². The Morgan fingerprint density at radius 1 is 1.36 bits per heavy atom. The number of carbonyl (C=O) groups excluding carboxylic acids is 1. The van der Waals surface area contributed by atoms with Crippen molar-refractivity contribution in [1.29, 1.82) is 0 Å². The average molecular weight is 159 g/mol. The van der Waals surface area contributed by atoms with Crippen molar-refractivity contribution < 1.29 is 4.79 Å². The van der Waals surface area contributed by atoms with Crippen molar-refractivity contribution in [3.05, 3.63) is 0 Å². The highest BCUT2D eigenvalue weighted by molar-refractivity contribution is 5.77. The molecule has 0 aliphatic heterocycles. The van der Waals surface area contributed by atoms with Gasteiger partial charge in [-0.2, -0.15) is 0 Å². The zero-order valence-electron chi connectivity index (χ0n) is 8.64. The van der Waals surface area contributed by atoms with E-state index in [4.69, 9.17) is 0 Å². The molecule has 0 fully saturated rings. The topological polar surface area (TPSA) is 20.3 Å². The van der Waals surface area contributed by atoms with Crippen molar-refractivity contribution >= 4 is 5.91 Å². The molecule has 0 N–H and O–H groups in total. The molecule has 2 heteroatoms. The van der Waals surface area contributed by atoms with Crippen LogP contribution in [0.3, 0.4) is 0 Å². The molecule has 0 spiro atoms. The normalized spacial score (nSPS) is 11.1. The summed E-state index contributed by atoms with van der Waals surface area (Å²) in [6, 6.07) is 0. The van der Waals surface area contributed by atoms with Gasteiger partial charge in [-0.3, -0.25) is 4.79 Å². The Kier molecular flexibility index (Phi) is 9.01. The molecular formula is C9H21NO. The van der Waals surface area contributed by atoms with Crippen molar-refractivity contribution in [3.8, 4) is 0 Å². The van der Waals surface area contributed by atoms with Gasteiger partial charge in [-0.05, 0) is 6.42 Å². The minimum absolute atomic E-state index is 0.181. The molecule has 1 atom stereocenters. The minimum atomic E-state index is 0.181. The molecule has 0 saturated carbocycles. The SMILES string of the molecule is CC.CCC(C)C(=O)N(C)C. The van der Waals surface area contributed by atoms with Crippen molar-refractivity contribution in [3.63, 3.8) is 0 Å². The van der Waals surface area contributed by atoms with Crippen LogP contribution in [0.2, 0.25) is 0 Å². The van der Waals surface area contributed by atoms with Gasteiger partial charge < -0.3 is 4.90 Å². The highest BCUT2D eigenvalue weighted by Crippen LogP contribution is 2.02. The third-order valence-corrected chi connectivity index (χ3v) is 1.47. The number of carbonyl (C=O) groups is 1. The van der Waals surface area contributed by atoms with Gasteiger partial charge in [0, 0.05) is 20.0 Å². The standard InChI is InChI=1S/C7H15NO.C2H6/c1-5-6(2)7(9)8(3)4;1-2/h6H,5H2,1-4H3;1-2H3. The van der Waals surface area contributed by atoms with E-state index in [0.717, 1.165) is 6.42 Å². The second-order valence-corrected chi connectivity index (χ2v) is 2.54. The van der Waals surface area contributed by atoms with E-state index in [-0.39, 0.29) is 11.8 Å². The first-order chi connectivity index (χ1) is 5.09. The fraction of sp³-hybridized carbons (Fsp3) is 0.889. The summed E-state index contributed by atoms with van der Waals surface area (Å²) in [7, 11) is 3.57. The number of hydrogen-bond donors (Lipinski definition) is 0. The van der Waals surface area contributed by atoms with Gasteiger partial charge in [-0.25, -0.2) is 0 Å². The van der Waals surface area contributed by atoms with Gasteiger partial charge in [0.05, 0.1) is 0 Å². The molecule has 0 rings (SSSR count). The van der Waals surface area contributed by atoms with Crippen LogP contribution >= 0.6 is 0 Å². The average Bonchev–Trinajstić information content (AvgIpc) is 2.05. The predicted octanol–water partition coefficient (Wildman–Crippen LogP) is 2.15. The Bertz CT molecular complexity index is 99.7. The third kappa shape index (κ3) is 5.89. The molecule has 0 heterocycles. The lowest BCUT2D eigenvalue weighted by Crippen LogP contribution is -2.27. The zero-order valence-corrected chi connectivity index (χ0v) is 8.64. The monoisotopic (exact) mass is 159 g/mol. The number of hydrogen-bond acceptors (Lipinski definition) is 1. The van der Waals surface area contributed by atoms with Gasteiger partial charge in [-0.1, -0.05) is 27.7 Å². The van der Waals surface area contributed by atoms with Crippen LogP contribution in [0.4, 0.5) is 0 Å². The van der Waals surface area contributed by atoms with Gasteiger partial charge in [0.1, 0.15) is 0 Å². The summed E-state index contributed by atoms with van der Waals surface area (Å²) in [6.07, 6.45) is 0.928. The summed E-state index contributed by atoms with van der Waals surface area (Å²) in [6.45, 7) is 7.97. The fourth-order valence-corrected chi connectivity index (χ4v) is 0.615. The molecule has 68 valence electrons. The number of nitrogens with zero attached hydrogens (tertiary/aromatic N) is 1. The molecule has 11 heavy (non-hydrogen) atoms. The van der Waals surface area contributed by atoms with Crippen LogP contribution in [0.25, 0.3) is 0 Å². The smallest absolute Gasteiger partial charge is 0.224 e. The van der Waals surface area contributed by atoms with Gasteiger partial charge in [0.2, 0.25) is 5.91 Å². The van der Waals surface area contributed by atoms with Crippen molar-refractivity contribution in [1.82, 2.24) is 4.90 Å². The van der Waals surface area contributed by atoms with E-state index in [1.807, 2.05) is 27.7 Å². The van der Waals surface area contributed by atoms with Crippen LogP contribution in [-0.2, 0) is 4.79 Å². The Hall–Kier alpha value is -0.530. The van der Waals surface area contributed by atoms with Gasteiger partial charge >= 0.3 is 0 Å². The van der Waals surface area contributed by atoms with E-state index >= 15 is 0 Å². The molecule has 0 aromatic rings. The lowest BCUT2D eigenvalue weighted by molar-refractivity contribution is -0.132. The van der Waals surface area contributed by atoms with E-state index in [0.29, 0.717) is 0 Å². The number of amides is 1. The van der Waals surface area contributed by atoms with Crippen LogP contribution in [0.1, 0.15) is 34.1 Å². The molecule has 0 aliphatic carbocycles. The summed E-state index contributed by atoms with van der Waals surface area (Å²) in [5, 5.41) is 0. The van der Waals surface area contributed by atoms with Gasteiger partial charge in [0.25, 0.3) is 0 Å². The highest BCUT2D eigenvalue weighted by atomic mass is 16.2. The maximum Gasteiger partial charge on any atom is 0.224 e. The lowest BCUT2D eigenvalue weighted by Gasteiger charge is -2.14. The van der Waals surface area contributed by atoms with Gasteiger partial charge in [0.15, 0.2) is 0 Å². The third-order valence-electron chi connectivity index (χ3n) is 1.47. The van der Waals surface area contributed by atoms with Crippen molar-refractivity contribution in [2.24, 2.45) is 5.92 Å². The van der Waals surface area contributed by atoms with E-state index in [2.05, 4.69) is 0 Å². The van der Waals surface area contributed by atoms with Crippen molar-refractivity contribution in [2.45, 2.75) is 34.1 Å². The second kappa shape index (κ2) is 7.58. The van der Waals surface area contributed by atoms with Crippen LogP contribution in [0, 0.1) is 5.92 Å². The summed E-state index contributed by atoms with van der Waals surface area (Å²) >= 11 is 0. The first-order valence-corrected chi connectivity index (χ1v) is 4.30. The molecule has 2 nitrogen and oxygen atoms in total. The van der Waals surface area contributed by atoms with E-state index < -0.39 is 0 Å². The summed E-state index contributed by atoms with van der Waals surface area (Å²) in [4.78, 5) is 12.6. The summed E-state index contributed by atoms with van der Waals surface area (Å²) < 4.78 is 0. The zero-order chi connectivity index (χ0) is 9.44. The Labute approximate surface area is 70.6 Å². The number of rotatable bonds is 2. The van der Waals surface area contributed by atoms with Gasteiger partial charge in [-0.15, -0.1) is 0 Å². The molecule has 0 radical (unpaired) electrons. The largest absolute Gasteiger partial charge is 0.349 e. The van der Waals surface area contributed by atoms with E-state index in [9.17, 15) is 4.79 Å². The summed E-state index contributed by atoms with van der Waals surface area (Å²) in [5.41, 5.74) is 0. The highest BCUT2D eigenvalue weighted by Gasteiger charge is 2.10. The summed E-state index contributed by atoms with van der Waals surface area (Å²) in [5.74, 6) is 0.400. The maximum atomic E-state index is 11.0. The fourth-order valence-electron chi connectivity index (χ4n) is 0.615. The Morgan fingerprint density at radius 3 is 1.82 bits per heavy atom. The molecule has 0 aromatic carbocycles. The molecule has 0 bridgehead atoms. The lowest BCUT2D eigenvalue weighted by atomic mass is 10.1. The van der Waals surface area contributed by atoms with Crippen molar-refractivity contribution in [2.75, 3.05) is 14.1 Å². The first-order valence-electron chi connectivity index (χ1n) is 4.30. The molecule has 0 aliphatic rings. The first kappa shape index (κ1) is 13.1. The van der Waals surface area contributed by atoms with Crippen LogP contribution < -0.4 is 0 Å². The molecular weight excluding hydrogens is 138 g/mol. The molecule has 1 amide bonds. The Balaban J connectivity index is 0. The minimum Gasteiger partial charge on any atom is -0.349 e. The maximum absolute atomic E-state index is 11.0. The predicted molar refractivity (Wildman–Crippen MR) is 49.5 cm³/mol. The van der Waals surface area contributed by atoms with Crippen LogP contribution in [-0.4, -0.2) is 24.9 Å². The second-order valence-electron chi connectivity index (χ2n) is 2.54.